The Bertz CT molecular complexity index is 1020. The third-order valence-electron chi connectivity index (χ3n) is 14.0. The molecule has 0 aliphatic carbocycles. The van der Waals surface area contributed by atoms with Crippen LogP contribution in [0.5, 0.6) is 0 Å². The van der Waals surface area contributed by atoms with Gasteiger partial charge in [-0.05, 0) is 31.1 Å². The molecule has 0 unspecified atom stereocenters. The molecule has 0 heterocycles. The summed E-state index contributed by atoms with van der Waals surface area (Å²) in [5.74, 6) is 0.774. The SMILES string of the molecule is CCCCCCCCCCCCCCCCCCCCCC(=O)OC[C@@H](COC(=O)CCCCCCCCCCCCCCCCCCCCC(C)C)OC(=O)CCCCCCCCC(C)C. The Morgan fingerprint density at radius 3 is 0.731 bits per heavy atom. The first-order chi connectivity index (χ1) is 32.7. The highest BCUT2D eigenvalue weighted by molar-refractivity contribution is 5.71. The Morgan fingerprint density at radius 2 is 0.493 bits per heavy atom. The standard InChI is InChI=1S/C61H118O6/c1-6-7-8-9-10-11-12-13-14-15-16-20-23-26-29-32-35-41-46-51-59(62)65-54-58(67-61(64)53-48-43-38-37-40-45-50-57(4)5)55-66-60(63)52-47-42-36-33-30-27-24-21-18-17-19-22-25-28-31-34-39-44-49-56(2)3/h56-58H,6-55H2,1-5H3/t58-/m0/s1. The molecule has 0 spiro atoms. The van der Waals surface area contributed by atoms with Gasteiger partial charge in [0.25, 0.3) is 0 Å². The van der Waals surface area contributed by atoms with Gasteiger partial charge in [-0.15, -0.1) is 0 Å². The number of ether oxygens (including phenoxy) is 3. The molecule has 0 bridgehead atoms. The Hall–Kier alpha value is -1.59. The minimum Gasteiger partial charge on any atom is -0.462 e. The summed E-state index contributed by atoms with van der Waals surface area (Å²) in [4.78, 5) is 38.1. The average Bonchev–Trinajstić information content (AvgIpc) is 3.30. The summed E-state index contributed by atoms with van der Waals surface area (Å²) in [5, 5.41) is 0. The molecule has 0 fully saturated rings. The van der Waals surface area contributed by atoms with Crippen molar-refractivity contribution in [3.05, 3.63) is 0 Å². The zero-order valence-electron chi connectivity index (χ0n) is 46.0. The van der Waals surface area contributed by atoms with E-state index >= 15 is 0 Å². The third kappa shape index (κ3) is 55.2. The van der Waals surface area contributed by atoms with Gasteiger partial charge in [-0.2, -0.15) is 0 Å². The maximum absolute atomic E-state index is 12.8. The molecular weight excluding hydrogens is 829 g/mol. The normalized spacial score (nSPS) is 12.0. The second-order valence-electron chi connectivity index (χ2n) is 21.9. The predicted octanol–water partition coefficient (Wildman–Crippen LogP) is 20.0. The van der Waals surface area contributed by atoms with Crippen LogP contribution in [0.4, 0.5) is 0 Å². The largest absolute Gasteiger partial charge is 0.462 e. The fourth-order valence-electron chi connectivity index (χ4n) is 9.40. The molecule has 1 atom stereocenters. The number of hydrogen-bond donors (Lipinski definition) is 0. The smallest absolute Gasteiger partial charge is 0.306 e. The Kier molecular flexibility index (Phi) is 52.5. The molecule has 398 valence electrons. The van der Waals surface area contributed by atoms with E-state index in [2.05, 4.69) is 34.6 Å². The number of carbonyl (C=O) groups is 3. The Labute approximate surface area is 418 Å². The maximum atomic E-state index is 12.8. The van der Waals surface area contributed by atoms with Gasteiger partial charge in [0.05, 0.1) is 0 Å². The molecule has 0 N–H and O–H groups in total. The molecule has 0 saturated heterocycles. The molecule has 0 saturated carbocycles. The van der Waals surface area contributed by atoms with E-state index in [1.165, 1.54) is 231 Å². The van der Waals surface area contributed by atoms with Crippen LogP contribution in [-0.2, 0) is 28.6 Å². The lowest BCUT2D eigenvalue weighted by molar-refractivity contribution is -0.167. The molecule has 0 aromatic heterocycles. The number of unbranched alkanes of at least 4 members (excludes halogenated alkanes) is 40. The summed E-state index contributed by atoms with van der Waals surface area (Å²) >= 11 is 0. The van der Waals surface area contributed by atoms with Crippen molar-refractivity contribution in [1.82, 2.24) is 0 Å². The van der Waals surface area contributed by atoms with Gasteiger partial charge in [0.15, 0.2) is 6.10 Å². The van der Waals surface area contributed by atoms with Crippen LogP contribution >= 0.6 is 0 Å². The van der Waals surface area contributed by atoms with Gasteiger partial charge in [0.1, 0.15) is 13.2 Å². The minimum atomic E-state index is -0.763. The summed E-state index contributed by atoms with van der Waals surface area (Å²) in [6, 6.07) is 0. The van der Waals surface area contributed by atoms with E-state index in [1.54, 1.807) is 0 Å². The van der Waals surface area contributed by atoms with E-state index in [0.29, 0.717) is 19.3 Å². The zero-order chi connectivity index (χ0) is 48.9. The van der Waals surface area contributed by atoms with Gasteiger partial charge in [-0.25, -0.2) is 0 Å². The van der Waals surface area contributed by atoms with E-state index in [0.717, 1.165) is 69.6 Å². The topological polar surface area (TPSA) is 78.9 Å². The van der Waals surface area contributed by atoms with Gasteiger partial charge < -0.3 is 14.2 Å². The molecule has 6 nitrogen and oxygen atoms in total. The molecule has 0 aliphatic rings. The first-order valence-corrected chi connectivity index (χ1v) is 30.2. The average molecular weight is 948 g/mol. The van der Waals surface area contributed by atoms with E-state index < -0.39 is 6.10 Å². The van der Waals surface area contributed by atoms with Gasteiger partial charge in [0.2, 0.25) is 0 Å². The molecule has 67 heavy (non-hydrogen) atoms. The van der Waals surface area contributed by atoms with Gasteiger partial charge >= 0.3 is 17.9 Å². The van der Waals surface area contributed by atoms with Crippen LogP contribution in [0.25, 0.3) is 0 Å². The molecule has 6 heteroatoms. The summed E-state index contributed by atoms with van der Waals surface area (Å²) in [7, 11) is 0. The molecule has 0 aromatic rings. The van der Waals surface area contributed by atoms with E-state index in [-0.39, 0.29) is 31.1 Å². The first-order valence-electron chi connectivity index (χ1n) is 30.2. The maximum Gasteiger partial charge on any atom is 0.306 e. The molecule has 0 aliphatic heterocycles. The highest BCUT2D eigenvalue weighted by Gasteiger charge is 2.19. The van der Waals surface area contributed by atoms with Crippen molar-refractivity contribution in [1.29, 1.82) is 0 Å². The van der Waals surface area contributed by atoms with Crippen molar-refractivity contribution in [2.45, 2.75) is 349 Å². The lowest BCUT2D eigenvalue weighted by Gasteiger charge is -2.18. The quantitative estimate of drug-likeness (QED) is 0.0343. The predicted molar refractivity (Wildman–Crippen MR) is 289 cm³/mol. The fraction of sp³-hybridized carbons (Fsp3) is 0.951. The summed E-state index contributed by atoms with van der Waals surface area (Å²) in [5.41, 5.74) is 0. The molecule has 0 radical (unpaired) electrons. The van der Waals surface area contributed by atoms with Gasteiger partial charge in [0, 0.05) is 19.3 Å². The van der Waals surface area contributed by atoms with Crippen LogP contribution in [0.1, 0.15) is 343 Å². The highest BCUT2D eigenvalue weighted by Crippen LogP contribution is 2.19. The van der Waals surface area contributed by atoms with E-state index in [4.69, 9.17) is 14.2 Å². The second-order valence-corrected chi connectivity index (χ2v) is 21.9. The van der Waals surface area contributed by atoms with E-state index in [9.17, 15) is 14.4 Å². The summed E-state index contributed by atoms with van der Waals surface area (Å²) in [6.45, 7) is 11.4. The summed E-state index contributed by atoms with van der Waals surface area (Å²) in [6.07, 6.45) is 58.4. The second kappa shape index (κ2) is 53.8. The van der Waals surface area contributed by atoms with Crippen LogP contribution < -0.4 is 0 Å². The van der Waals surface area contributed by atoms with E-state index in [1.807, 2.05) is 0 Å². The minimum absolute atomic E-state index is 0.0638. The molecule has 0 aromatic carbocycles. The van der Waals surface area contributed by atoms with Crippen LogP contribution in [0.2, 0.25) is 0 Å². The Morgan fingerprint density at radius 1 is 0.284 bits per heavy atom. The lowest BCUT2D eigenvalue weighted by Crippen LogP contribution is -2.30. The van der Waals surface area contributed by atoms with Gasteiger partial charge in [-0.1, -0.05) is 304 Å². The number of rotatable bonds is 55. The van der Waals surface area contributed by atoms with Crippen molar-refractivity contribution >= 4 is 17.9 Å². The van der Waals surface area contributed by atoms with Crippen LogP contribution in [-0.4, -0.2) is 37.2 Å². The lowest BCUT2D eigenvalue weighted by atomic mass is 10.0. The monoisotopic (exact) mass is 947 g/mol. The fourth-order valence-corrected chi connectivity index (χ4v) is 9.40. The van der Waals surface area contributed by atoms with Crippen molar-refractivity contribution in [3.8, 4) is 0 Å². The third-order valence-corrected chi connectivity index (χ3v) is 14.0. The molecule has 0 amide bonds. The zero-order valence-corrected chi connectivity index (χ0v) is 46.0. The van der Waals surface area contributed by atoms with Crippen LogP contribution in [0.15, 0.2) is 0 Å². The van der Waals surface area contributed by atoms with Crippen LogP contribution in [0.3, 0.4) is 0 Å². The number of esters is 3. The number of hydrogen-bond acceptors (Lipinski definition) is 6. The van der Waals surface area contributed by atoms with Crippen molar-refractivity contribution in [3.63, 3.8) is 0 Å². The molecule has 0 rings (SSSR count). The Balaban J connectivity index is 4.14. The first kappa shape index (κ1) is 65.4. The van der Waals surface area contributed by atoms with Crippen molar-refractivity contribution in [2.24, 2.45) is 11.8 Å². The number of carbonyl (C=O) groups excluding carboxylic acids is 3. The highest BCUT2D eigenvalue weighted by atomic mass is 16.6. The van der Waals surface area contributed by atoms with Crippen LogP contribution in [0, 0.1) is 11.8 Å². The van der Waals surface area contributed by atoms with Crippen molar-refractivity contribution < 1.29 is 28.6 Å². The van der Waals surface area contributed by atoms with Gasteiger partial charge in [-0.3, -0.25) is 14.4 Å². The molecular formula is C61H118O6. The summed E-state index contributed by atoms with van der Waals surface area (Å²) < 4.78 is 16.9. The van der Waals surface area contributed by atoms with Crippen molar-refractivity contribution in [2.75, 3.05) is 13.2 Å².